The van der Waals surface area contributed by atoms with Crippen LogP contribution >= 0.6 is 12.4 Å². The van der Waals surface area contributed by atoms with Crippen molar-refractivity contribution in [1.29, 1.82) is 0 Å². The highest BCUT2D eigenvalue weighted by molar-refractivity contribution is 7.89. The molecule has 0 aromatic heterocycles. The number of non-ortho nitro benzene ring substituents is 1. The lowest BCUT2D eigenvalue weighted by atomic mass is 10.3. The number of piperazine rings is 1. The second-order valence-electron chi connectivity index (χ2n) is 5.39. The Morgan fingerprint density at radius 3 is 2.48 bits per heavy atom. The molecule has 0 saturated carbocycles. The zero-order valence-electron chi connectivity index (χ0n) is 13.8. The number of sulfonamides is 1. The van der Waals surface area contributed by atoms with Crippen LogP contribution in [-0.4, -0.2) is 68.2 Å². The Kier molecular flexibility index (Phi) is 7.74. The van der Waals surface area contributed by atoms with Crippen LogP contribution in [-0.2, 0) is 14.8 Å². The van der Waals surface area contributed by atoms with E-state index >= 15 is 0 Å². The predicted octanol–water partition coefficient (Wildman–Crippen LogP) is 0.459. The minimum atomic E-state index is -3.81. The summed E-state index contributed by atoms with van der Waals surface area (Å²) in [7, 11) is -2.04. The van der Waals surface area contributed by atoms with Gasteiger partial charge in [-0.15, -0.1) is 12.4 Å². The second-order valence-corrected chi connectivity index (χ2v) is 7.33. The Bertz CT molecular complexity index is 720. The molecular formula is C14H21ClN4O5S. The van der Waals surface area contributed by atoms with Gasteiger partial charge >= 0.3 is 0 Å². The normalized spacial score (nSPS) is 15.5. The average molecular weight is 393 g/mol. The first-order valence-electron chi connectivity index (χ1n) is 7.53. The number of hydrogen-bond donors (Lipinski definition) is 1. The van der Waals surface area contributed by atoms with Crippen molar-refractivity contribution in [3.05, 3.63) is 34.4 Å². The molecule has 0 bridgehead atoms. The van der Waals surface area contributed by atoms with E-state index in [0.717, 1.165) is 6.07 Å². The van der Waals surface area contributed by atoms with Gasteiger partial charge in [-0.2, -0.15) is 4.31 Å². The lowest BCUT2D eigenvalue weighted by Gasteiger charge is -2.34. The lowest BCUT2D eigenvalue weighted by Crippen LogP contribution is -2.50. The first-order chi connectivity index (χ1) is 11.4. The van der Waals surface area contributed by atoms with Crippen molar-refractivity contribution >= 4 is 34.0 Å². The molecule has 140 valence electrons. The maximum Gasteiger partial charge on any atom is 0.270 e. The number of nitro groups is 1. The van der Waals surface area contributed by atoms with Crippen molar-refractivity contribution in [2.75, 3.05) is 39.8 Å². The second kappa shape index (κ2) is 9.09. The molecule has 1 saturated heterocycles. The highest BCUT2D eigenvalue weighted by Crippen LogP contribution is 2.22. The summed E-state index contributed by atoms with van der Waals surface area (Å²) in [5.74, 6) is -0.0169. The molecule has 0 spiro atoms. The third-order valence-electron chi connectivity index (χ3n) is 3.85. The van der Waals surface area contributed by atoms with Crippen molar-refractivity contribution in [3.8, 4) is 0 Å². The molecule has 9 nitrogen and oxygen atoms in total. The van der Waals surface area contributed by atoms with E-state index in [4.69, 9.17) is 0 Å². The van der Waals surface area contributed by atoms with Crippen LogP contribution in [0.25, 0.3) is 0 Å². The monoisotopic (exact) mass is 392 g/mol. The number of carbonyl (C=O) groups excluding carboxylic acids is 1. The third-order valence-corrected chi connectivity index (χ3v) is 5.74. The van der Waals surface area contributed by atoms with Gasteiger partial charge < -0.3 is 10.2 Å². The number of halogens is 1. The number of benzene rings is 1. The summed E-state index contributed by atoms with van der Waals surface area (Å²) in [6.07, 6.45) is 0.369. The van der Waals surface area contributed by atoms with E-state index in [9.17, 15) is 23.3 Å². The smallest absolute Gasteiger partial charge is 0.270 e. The summed E-state index contributed by atoms with van der Waals surface area (Å²) >= 11 is 0. The molecule has 0 aliphatic carbocycles. The van der Waals surface area contributed by atoms with E-state index in [0.29, 0.717) is 26.1 Å². The van der Waals surface area contributed by atoms with Crippen LogP contribution in [0.2, 0.25) is 0 Å². The Hall–Kier alpha value is -1.75. The number of carbonyl (C=O) groups is 1. The fourth-order valence-electron chi connectivity index (χ4n) is 2.47. The Balaban J connectivity index is 0.00000312. The van der Waals surface area contributed by atoms with Crippen LogP contribution in [0.15, 0.2) is 29.2 Å². The molecular weight excluding hydrogens is 372 g/mol. The number of nitrogens with one attached hydrogen (secondary N) is 1. The summed E-state index contributed by atoms with van der Waals surface area (Å²) in [6, 6.07) is 4.99. The molecule has 0 radical (unpaired) electrons. The SMILES string of the molecule is CNCCC(=O)N1CCN(S(=O)(=O)c2cccc([N+](=O)[O-])c2)CC1.Cl. The molecule has 1 aromatic rings. The molecule has 0 atom stereocenters. The largest absolute Gasteiger partial charge is 0.340 e. The van der Waals surface area contributed by atoms with Crippen molar-refractivity contribution in [2.24, 2.45) is 0 Å². The van der Waals surface area contributed by atoms with E-state index in [1.807, 2.05) is 0 Å². The van der Waals surface area contributed by atoms with Crippen LogP contribution in [0.1, 0.15) is 6.42 Å². The highest BCUT2D eigenvalue weighted by atomic mass is 35.5. The average Bonchev–Trinajstić information content (AvgIpc) is 2.59. The number of rotatable bonds is 6. The summed E-state index contributed by atoms with van der Waals surface area (Å²) in [5.41, 5.74) is -0.267. The third kappa shape index (κ3) is 5.11. The molecule has 25 heavy (non-hydrogen) atoms. The Morgan fingerprint density at radius 2 is 1.92 bits per heavy atom. The van der Waals surface area contributed by atoms with Crippen LogP contribution in [0.5, 0.6) is 0 Å². The van der Waals surface area contributed by atoms with Crippen molar-refractivity contribution in [1.82, 2.24) is 14.5 Å². The number of nitrogens with zero attached hydrogens (tertiary/aromatic N) is 3. The standard InChI is InChI=1S/C14H20N4O5S.ClH/c1-15-6-5-14(19)16-7-9-17(10-8-16)24(22,23)13-4-2-3-12(11-13)18(20)21;/h2-4,11,15H,5-10H2,1H3;1H. The van der Waals surface area contributed by atoms with E-state index in [2.05, 4.69) is 5.32 Å². The Morgan fingerprint density at radius 1 is 1.28 bits per heavy atom. The quantitative estimate of drug-likeness (QED) is 0.555. The van der Waals surface area contributed by atoms with Gasteiger partial charge in [0.05, 0.1) is 9.82 Å². The minimum absolute atomic E-state index is 0. The molecule has 1 aliphatic rings. The van der Waals surface area contributed by atoms with Gasteiger partial charge in [0.2, 0.25) is 15.9 Å². The van der Waals surface area contributed by atoms with E-state index in [-0.39, 0.29) is 42.0 Å². The fourth-order valence-corrected chi connectivity index (χ4v) is 3.94. The van der Waals surface area contributed by atoms with Gasteiger partial charge in [-0.3, -0.25) is 14.9 Å². The van der Waals surface area contributed by atoms with E-state index < -0.39 is 14.9 Å². The Labute approximate surface area is 152 Å². The predicted molar refractivity (Wildman–Crippen MR) is 94.2 cm³/mol. The maximum absolute atomic E-state index is 12.6. The minimum Gasteiger partial charge on any atom is -0.340 e. The first-order valence-corrected chi connectivity index (χ1v) is 8.97. The van der Waals surface area contributed by atoms with Crippen molar-refractivity contribution in [2.45, 2.75) is 11.3 Å². The zero-order chi connectivity index (χ0) is 17.7. The van der Waals surface area contributed by atoms with Gasteiger partial charge in [-0.1, -0.05) is 6.07 Å². The molecule has 2 rings (SSSR count). The van der Waals surface area contributed by atoms with Crippen LogP contribution in [0, 0.1) is 10.1 Å². The van der Waals surface area contributed by atoms with Crippen LogP contribution < -0.4 is 5.32 Å². The molecule has 1 fully saturated rings. The van der Waals surface area contributed by atoms with E-state index in [1.165, 1.54) is 22.5 Å². The van der Waals surface area contributed by atoms with Crippen LogP contribution in [0.3, 0.4) is 0 Å². The first kappa shape index (κ1) is 21.3. The molecule has 1 N–H and O–H groups in total. The molecule has 1 amide bonds. The van der Waals surface area contributed by atoms with Gasteiger partial charge in [-0.05, 0) is 13.1 Å². The fraction of sp³-hybridized carbons (Fsp3) is 0.500. The van der Waals surface area contributed by atoms with Gasteiger partial charge in [0.15, 0.2) is 0 Å². The van der Waals surface area contributed by atoms with Crippen molar-refractivity contribution < 1.29 is 18.1 Å². The number of amides is 1. The number of nitro benzene ring substituents is 1. The summed E-state index contributed by atoms with van der Waals surface area (Å²) < 4.78 is 26.5. The molecule has 1 heterocycles. The molecule has 11 heteroatoms. The van der Waals surface area contributed by atoms with Crippen molar-refractivity contribution in [3.63, 3.8) is 0 Å². The molecule has 1 aliphatic heterocycles. The lowest BCUT2D eigenvalue weighted by molar-refractivity contribution is -0.385. The molecule has 0 unspecified atom stereocenters. The summed E-state index contributed by atoms with van der Waals surface area (Å²) in [4.78, 5) is 23.7. The number of hydrogen-bond acceptors (Lipinski definition) is 6. The van der Waals surface area contributed by atoms with E-state index in [1.54, 1.807) is 11.9 Å². The zero-order valence-corrected chi connectivity index (χ0v) is 15.4. The summed E-state index contributed by atoms with van der Waals surface area (Å²) in [5, 5.41) is 13.7. The van der Waals surface area contributed by atoms with Gasteiger partial charge in [0, 0.05) is 51.3 Å². The van der Waals surface area contributed by atoms with Gasteiger partial charge in [0.1, 0.15) is 0 Å². The highest BCUT2D eigenvalue weighted by Gasteiger charge is 2.30. The maximum atomic E-state index is 12.6. The summed E-state index contributed by atoms with van der Waals surface area (Å²) in [6.45, 7) is 1.56. The van der Waals surface area contributed by atoms with Crippen LogP contribution in [0.4, 0.5) is 5.69 Å². The topological polar surface area (TPSA) is 113 Å². The molecule has 1 aromatic carbocycles. The van der Waals surface area contributed by atoms with Gasteiger partial charge in [-0.25, -0.2) is 8.42 Å². The van der Waals surface area contributed by atoms with Gasteiger partial charge in [0.25, 0.3) is 5.69 Å².